The first-order chi connectivity index (χ1) is 13.1. The molecule has 1 aliphatic rings. The SMILES string of the molecule is COc1cccc2sc(N3CC(OC(=O)COc4ccc(F)cc4)C3)nc12. The molecule has 0 N–H and O–H groups in total. The highest BCUT2D eigenvalue weighted by atomic mass is 32.1. The van der Waals surface area contributed by atoms with Crippen molar-refractivity contribution >= 4 is 32.7 Å². The number of aromatic nitrogens is 1. The van der Waals surface area contributed by atoms with Crippen molar-refractivity contribution in [3.63, 3.8) is 0 Å². The average Bonchev–Trinajstić information content (AvgIpc) is 3.07. The Morgan fingerprint density at radius 1 is 1.26 bits per heavy atom. The first-order valence-corrected chi connectivity index (χ1v) is 9.20. The molecule has 1 fully saturated rings. The molecule has 8 heteroatoms. The fourth-order valence-electron chi connectivity index (χ4n) is 2.77. The lowest BCUT2D eigenvalue weighted by atomic mass is 10.2. The summed E-state index contributed by atoms with van der Waals surface area (Å²) in [5.74, 6) is 0.366. The molecule has 2 aromatic carbocycles. The molecular weight excluding hydrogens is 371 g/mol. The van der Waals surface area contributed by atoms with E-state index in [2.05, 4.69) is 9.88 Å². The van der Waals surface area contributed by atoms with E-state index < -0.39 is 5.97 Å². The Balaban J connectivity index is 1.28. The molecule has 2 heterocycles. The van der Waals surface area contributed by atoms with Crippen LogP contribution < -0.4 is 14.4 Å². The zero-order chi connectivity index (χ0) is 18.8. The van der Waals surface area contributed by atoms with Crippen LogP contribution in [0.1, 0.15) is 0 Å². The molecule has 3 aromatic rings. The predicted molar refractivity (Wildman–Crippen MR) is 100 cm³/mol. The van der Waals surface area contributed by atoms with E-state index in [-0.39, 0.29) is 18.5 Å². The monoisotopic (exact) mass is 388 g/mol. The highest BCUT2D eigenvalue weighted by molar-refractivity contribution is 7.22. The number of carbonyl (C=O) groups excluding carboxylic acids is 1. The molecule has 0 amide bonds. The van der Waals surface area contributed by atoms with E-state index in [1.165, 1.54) is 24.3 Å². The Morgan fingerprint density at radius 2 is 2.04 bits per heavy atom. The van der Waals surface area contributed by atoms with Crippen molar-refractivity contribution in [3.8, 4) is 11.5 Å². The van der Waals surface area contributed by atoms with Gasteiger partial charge in [-0.25, -0.2) is 14.2 Å². The van der Waals surface area contributed by atoms with Gasteiger partial charge in [-0.3, -0.25) is 0 Å². The topological polar surface area (TPSA) is 60.9 Å². The van der Waals surface area contributed by atoms with Crippen molar-refractivity contribution in [2.45, 2.75) is 6.10 Å². The summed E-state index contributed by atoms with van der Waals surface area (Å²) in [5, 5.41) is 0.879. The van der Waals surface area contributed by atoms with E-state index in [1.807, 2.05) is 18.2 Å². The predicted octanol–water partition coefficient (Wildman–Crippen LogP) is 3.25. The first kappa shape index (κ1) is 17.5. The summed E-state index contributed by atoms with van der Waals surface area (Å²) in [7, 11) is 1.63. The number of benzene rings is 2. The minimum absolute atomic E-state index is 0.191. The summed E-state index contributed by atoms with van der Waals surface area (Å²) in [5.41, 5.74) is 0.841. The van der Waals surface area contributed by atoms with E-state index in [9.17, 15) is 9.18 Å². The van der Waals surface area contributed by atoms with Gasteiger partial charge in [-0.2, -0.15) is 0 Å². The number of carbonyl (C=O) groups is 1. The lowest BCUT2D eigenvalue weighted by molar-refractivity contribution is -0.152. The Morgan fingerprint density at radius 3 is 2.78 bits per heavy atom. The number of methoxy groups -OCH3 is 1. The molecule has 1 aliphatic heterocycles. The maximum atomic E-state index is 12.8. The lowest BCUT2D eigenvalue weighted by Gasteiger charge is -2.38. The second kappa shape index (κ2) is 7.40. The molecule has 1 saturated heterocycles. The van der Waals surface area contributed by atoms with Gasteiger partial charge in [0.15, 0.2) is 11.7 Å². The molecule has 0 atom stereocenters. The molecule has 0 spiro atoms. The summed E-state index contributed by atoms with van der Waals surface area (Å²) in [6, 6.07) is 11.3. The number of fused-ring (bicyclic) bond motifs is 1. The number of anilines is 1. The molecule has 0 bridgehead atoms. The Bertz CT molecular complexity index is 954. The molecule has 6 nitrogen and oxygen atoms in total. The normalized spacial score (nSPS) is 14.1. The van der Waals surface area contributed by atoms with Gasteiger partial charge >= 0.3 is 5.97 Å². The first-order valence-electron chi connectivity index (χ1n) is 8.39. The molecular formula is C19H17FN2O4S. The smallest absolute Gasteiger partial charge is 0.344 e. The van der Waals surface area contributed by atoms with Gasteiger partial charge in [0.2, 0.25) is 0 Å². The van der Waals surface area contributed by atoms with Gasteiger partial charge < -0.3 is 19.1 Å². The van der Waals surface area contributed by atoms with Crippen LogP contribution in [-0.4, -0.2) is 43.9 Å². The van der Waals surface area contributed by atoms with Crippen LogP contribution in [0.3, 0.4) is 0 Å². The molecule has 1 aromatic heterocycles. The summed E-state index contributed by atoms with van der Waals surface area (Å²) < 4.78 is 29.9. The number of hydrogen-bond acceptors (Lipinski definition) is 7. The zero-order valence-electron chi connectivity index (χ0n) is 14.6. The van der Waals surface area contributed by atoms with Crippen molar-refractivity contribution in [1.29, 1.82) is 0 Å². The van der Waals surface area contributed by atoms with Crippen molar-refractivity contribution < 1.29 is 23.4 Å². The van der Waals surface area contributed by atoms with Crippen LogP contribution in [0.15, 0.2) is 42.5 Å². The van der Waals surface area contributed by atoms with Gasteiger partial charge in [-0.15, -0.1) is 0 Å². The molecule has 140 valence electrons. The third-order valence-corrected chi connectivity index (χ3v) is 5.26. The van der Waals surface area contributed by atoms with E-state index in [4.69, 9.17) is 14.2 Å². The van der Waals surface area contributed by atoms with Gasteiger partial charge in [0, 0.05) is 0 Å². The van der Waals surface area contributed by atoms with Gasteiger partial charge in [-0.05, 0) is 36.4 Å². The van der Waals surface area contributed by atoms with Gasteiger partial charge in [0.1, 0.15) is 28.9 Å². The van der Waals surface area contributed by atoms with Gasteiger partial charge in [-0.1, -0.05) is 17.4 Å². The third-order valence-electron chi connectivity index (χ3n) is 4.18. The van der Waals surface area contributed by atoms with E-state index in [0.29, 0.717) is 18.8 Å². The maximum absolute atomic E-state index is 12.8. The minimum atomic E-state index is -0.449. The van der Waals surface area contributed by atoms with Crippen molar-refractivity contribution in [2.24, 2.45) is 0 Å². The highest BCUT2D eigenvalue weighted by Crippen LogP contribution is 2.35. The molecule has 4 rings (SSSR count). The second-order valence-corrected chi connectivity index (χ2v) is 7.07. The Hall–Kier alpha value is -2.87. The Kier molecular flexibility index (Phi) is 4.81. The summed E-state index contributed by atoms with van der Waals surface area (Å²) in [6.45, 7) is 0.968. The van der Waals surface area contributed by atoms with Crippen molar-refractivity contribution in [2.75, 3.05) is 31.7 Å². The number of ether oxygens (including phenoxy) is 3. The van der Waals surface area contributed by atoms with Crippen LogP contribution in [0.2, 0.25) is 0 Å². The fourth-order valence-corrected chi connectivity index (χ4v) is 3.77. The number of thiazole rings is 1. The highest BCUT2D eigenvalue weighted by Gasteiger charge is 2.32. The van der Waals surface area contributed by atoms with Crippen LogP contribution >= 0.6 is 11.3 Å². The van der Waals surface area contributed by atoms with Crippen molar-refractivity contribution in [3.05, 3.63) is 48.3 Å². The van der Waals surface area contributed by atoms with Crippen LogP contribution in [0.25, 0.3) is 10.2 Å². The number of nitrogens with zero attached hydrogens (tertiary/aromatic N) is 2. The Labute approximate surface area is 159 Å². The lowest BCUT2D eigenvalue weighted by Crippen LogP contribution is -2.53. The molecule has 0 radical (unpaired) electrons. The molecule has 0 aliphatic carbocycles. The quantitative estimate of drug-likeness (QED) is 0.604. The van der Waals surface area contributed by atoms with Crippen LogP contribution in [0.5, 0.6) is 11.5 Å². The van der Waals surface area contributed by atoms with Crippen LogP contribution in [-0.2, 0) is 9.53 Å². The summed E-state index contributed by atoms with van der Waals surface area (Å²) in [6.07, 6.45) is -0.191. The number of hydrogen-bond donors (Lipinski definition) is 0. The van der Waals surface area contributed by atoms with E-state index in [0.717, 1.165) is 21.1 Å². The van der Waals surface area contributed by atoms with Crippen LogP contribution in [0.4, 0.5) is 9.52 Å². The number of esters is 1. The standard InChI is InChI=1S/C19H17FN2O4S/c1-24-15-3-2-4-16-18(15)21-19(27-16)22-9-14(10-22)26-17(23)11-25-13-7-5-12(20)6-8-13/h2-8,14H,9-11H2,1H3. The average molecular weight is 388 g/mol. The van der Waals surface area contributed by atoms with Crippen LogP contribution in [0, 0.1) is 5.82 Å². The van der Waals surface area contributed by atoms with E-state index >= 15 is 0 Å². The molecule has 0 unspecified atom stereocenters. The van der Waals surface area contributed by atoms with Gasteiger partial charge in [0.05, 0.1) is 24.9 Å². The number of rotatable bonds is 6. The summed E-state index contributed by atoms with van der Waals surface area (Å²) in [4.78, 5) is 18.6. The second-order valence-electron chi connectivity index (χ2n) is 6.06. The minimum Gasteiger partial charge on any atom is -0.494 e. The zero-order valence-corrected chi connectivity index (χ0v) is 15.4. The third kappa shape index (κ3) is 3.80. The molecule has 0 saturated carbocycles. The van der Waals surface area contributed by atoms with Gasteiger partial charge in [0.25, 0.3) is 0 Å². The van der Waals surface area contributed by atoms with Crippen molar-refractivity contribution in [1.82, 2.24) is 4.98 Å². The fraction of sp³-hybridized carbons (Fsp3) is 0.263. The summed E-state index contributed by atoms with van der Waals surface area (Å²) >= 11 is 1.58. The number of para-hydroxylation sites is 1. The maximum Gasteiger partial charge on any atom is 0.344 e. The molecule has 27 heavy (non-hydrogen) atoms. The van der Waals surface area contributed by atoms with E-state index in [1.54, 1.807) is 18.4 Å². The number of halogens is 1. The largest absolute Gasteiger partial charge is 0.494 e.